The van der Waals surface area contributed by atoms with Crippen molar-refractivity contribution in [3.8, 4) is 0 Å². The number of hydrogen-bond donors (Lipinski definition) is 0. The van der Waals surface area contributed by atoms with E-state index in [0.29, 0.717) is 0 Å². The Hall–Kier alpha value is -1.28. The van der Waals surface area contributed by atoms with Gasteiger partial charge in [-0.3, -0.25) is 0 Å². The maximum atomic E-state index is 4.85. The van der Waals surface area contributed by atoms with E-state index in [1.165, 1.54) is 16.7 Å². The standard InChI is InChI=1S/C16H29N.C5H10O.C2H6/c1-7-10-15(12-13-17(5)6)16(11-8-2)14(4)9-3;1-4-6-5(2)3;1-2/h9-11H,7-8,12-13H2,1-6H3;2,4H2,1,3H3;1-2H3/b14-9-,15-10-,16-11+;;. The van der Waals surface area contributed by atoms with Gasteiger partial charge in [-0.05, 0) is 77.8 Å². The Kier molecular flexibility index (Phi) is 23.7. The first kappa shape index (κ1) is 28.5. The van der Waals surface area contributed by atoms with Gasteiger partial charge in [0, 0.05) is 6.54 Å². The predicted octanol–water partition coefficient (Wildman–Crippen LogP) is 7.16. The highest BCUT2D eigenvalue weighted by molar-refractivity contribution is 5.45. The summed E-state index contributed by atoms with van der Waals surface area (Å²) in [6, 6.07) is 0. The maximum absolute atomic E-state index is 4.85. The van der Waals surface area contributed by atoms with Crippen LogP contribution in [0.1, 0.15) is 74.7 Å². The van der Waals surface area contributed by atoms with Gasteiger partial charge < -0.3 is 9.64 Å². The van der Waals surface area contributed by atoms with Crippen molar-refractivity contribution in [2.45, 2.75) is 74.7 Å². The molecule has 0 heterocycles. The monoisotopic (exact) mass is 351 g/mol. The van der Waals surface area contributed by atoms with Crippen LogP contribution in [-0.2, 0) is 4.74 Å². The van der Waals surface area contributed by atoms with E-state index >= 15 is 0 Å². The molecule has 0 radical (unpaired) electrons. The molecular formula is C23H45NO. The molecule has 0 aromatic heterocycles. The van der Waals surface area contributed by atoms with Gasteiger partial charge in [-0.2, -0.15) is 0 Å². The summed E-state index contributed by atoms with van der Waals surface area (Å²) in [6.45, 7) is 21.9. The summed E-state index contributed by atoms with van der Waals surface area (Å²) in [5.74, 6) is 0.789. The first-order chi connectivity index (χ1) is 11.8. The smallest absolute Gasteiger partial charge is 0.0857 e. The van der Waals surface area contributed by atoms with Crippen LogP contribution in [0.25, 0.3) is 0 Å². The Labute approximate surface area is 159 Å². The first-order valence-corrected chi connectivity index (χ1v) is 9.79. The highest BCUT2D eigenvalue weighted by Crippen LogP contribution is 2.23. The summed E-state index contributed by atoms with van der Waals surface area (Å²) >= 11 is 0. The average molecular weight is 352 g/mol. The minimum absolute atomic E-state index is 0.731. The number of nitrogens with zero attached hydrogens (tertiary/aromatic N) is 1. The summed E-state index contributed by atoms with van der Waals surface area (Å²) in [6.07, 6.45) is 10.3. The van der Waals surface area contributed by atoms with Crippen molar-refractivity contribution in [3.05, 3.63) is 47.3 Å². The molecule has 2 heteroatoms. The second-order valence-corrected chi connectivity index (χ2v) is 5.82. The summed E-state index contributed by atoms with van der Waals surface area (Å²) in [5.41, 5.74) is 4.34. The molecule has 0 saturated heterocycles. The lowest BCUT2D eigenvalue weighted by atomic mass is 9.94. The first-order valence-electron chi connectivity index (χ1n) is 9.79. The Morgan fingerprint density at radius 2 is 1.52 bits per heavy atom. The van der Waals surface area contributed by atoms with Gasteiger partial charge in [-0.1, -0.05) is 52.5 Å². The van der Waals surface area contributed by atoms with Crippen molar-refractivity contribution < 1.29 is 4.74 Å². The van der Waals surface area contributed by atoms with Gasteiger partial charge in [0.15, 0.2) is 0 Å². The Morgan fingerprint density at radius 1 is 1.00 bits per heavy atom. The molecule has 0 unspecified atom stereocenters. The Balaban J connectivity index is -0.000000507. The topological polar surface area (TPSA) is 12.5 Å². The van der Waals surface area contributed by atoms with E-state index in [9.17, 15) is 0 Å². The van der Waals surface area contributed by atoms with E-state index in [-0.39, 0.29) is 0 Å². The van der Waals surface area contributed by atoms with Crippen LogP contribution in [0, 0.1) is 0 Å². The molecule has 0 saturated carbocycles. The van der Waals surface area contributed by atoms with Crippen LogP contribution in [0.2, 0.25) is 0 Å². The molecule has 0 bridgehead atoms. The van der Waals surface area contributed by atoms with Crippen LogP contribution < -0.4 is 0 Å². The molecule has 0 rings (SSSR count). The zero-order valence-electron chi connectivity index (χ0n) is 18.8. The van der Waals surface area contributed by atoms with Gasteiger partial charge in [0.25, 0.3) is 0 Å². The minimum atomic E-state index is 0.731. The fourth-order valence-corrected chi connectivity index (χ4v) is 2.09. The van der Waals surface area contributed by atoms with Gasteiger partial charge in [-0.15, -0.1) is 0 Å². The van der Waals surface area contributed by atoms with Crippen molar-refractivity contribution in [2.24, 2.45) is 0 Å². The summed E-state index contributed by atoms with van der Waals surface area (Å²) in [4.78, 5) is 2.25. The summed E-state index contributed by atoms with van der Waals surface area (Å²) in [5, 5.41) is 0. The average Bonchev–Trinajstić information content (AvgIpc) is 2.58. The van der Waals surface area contributed by atoms with Crippen LogP contribution in [-0.4, -0.2) is 32.1 Å². The van der Waals surface area contributed by atoms with Crippen molar-refractivity contribution in [1.82, 2.24) is 4.90 Å². The van der Waals surface area contributed by atoms with Gasteiger partial charge in [-0.25, -0.2) is 0 Å². The molecule has 0 atom stereocenters. The Bertz CT molecular complexity index is 400. The summed E-state index contributed by atoms with van der Waals surface area (Å²) in [7, 11) is 4.27. The molecule has 0 aromatic rings. The van der Waals surface area contributed by atoms with Gasteiger partial charge >= 0.3 is 0 Å². The third-order valence-electron chi connectivity index (χ3n) is 3.28. The molecule has 0 aliphatic carbocycles. The fourth-order valence-electron chi connectivity index (χ4n) is 2.09. The molecule has 0 aliphatic heterocycles. The lowest BCUT2D eigenvalue weighted by Crippen LogP contribution is -2.14. The lowest BCUT2D eigenvalue weighted by Gasteiger charge is -2.16. The van der Waals surface area contributed by atoms with Crippen molar-refractivity contribution in [1.29, 1.82) is 0 Å². The van der Waals surface area contributed by atoms with E-state index in [2.05, 4.69) is 71.5 Å². The molecular weight excluding hydrogens is 306 g/mol. The second-order valence-electron chi connectivity index (χ2n) is 5.82. The molecule has 25 heavy (non-hydrogen) atoms. The largest absolute Gasteiger partial charge is 0.499 e. The number of rotatable bonds is 9. The van der Waals surface area contributed by atoms with Gasteiger partial charge in [0.1, 0.15) is 0 Å². The zero-order valence-corrected chi connectivity index (χ0v) is 18.8. The number of allylic oxidation sites excluding steroid dienone is 6. The molecule has 0 N–H and O–H groups in total. The quantitative estimate of drug-likeness (QED) is 0.323. The molecule has 148 valence electrons. The van der Waals surface area contributed by atoms with Crippen LogP contribution in [0.4, 0.5) is 0 Å². The van der Waals surface area contributed by atoms with Crippen LogP contribution in [0.15, 0.2) is 47.3 Å². The van der Waals surface area contributed by atoms with E-state index in [0.717, 1.165) is 38.2 Å². The lowest BCUT2D eigenvalue weighted by molar-refractivity contribution is 0.233. The van der Waals surface area contributed by atoms with E-state index in [1.807, 2.05) is 27.7 Å². The highest BCUT2D eigenvalue weighted by atomic mass is 16.5. The molecule has 0 aromatic carbocycles. The molecule has 0 spiro atoms. The molecule has 0 aliphatic rings. The highest BCUT2D eigenvalue weighted by Gasteiger charge is 2.06. The summed E-state index contributed by atoms with van der Waals surface area (Å²) < 4.78 is 4.85. The van der Waals surface area contributed by atoms with E-state index in [4.69, 9.17) is 4.74 Å². The maximum Gasteiger partial charge on any atom is 0.0857 e. The zero-order chi connectivity index (χ0) is 20.3. The van der Waals surface area contributed by atoms with Crippen molar-refractivity contribution in [2.75, 3.05) is 27.2 Å². The third-order valence-corrected chi connectivity index (χ3v) is 3.28. The molecule has 0 amide bonds. The second kappa shape index (κ2) is 20.8. The molecule has 2 nitrogen and oxygen atoms in total. The number of ether oxygens (including phenoxy) is 1. The van der Waals surface area contributed by atoms with E-state index < -0.39 is 0 Å². The minimum Gasteiger partial charge on any atom is -0.499 e. The Morgan fingerprint density at radius 3 is 1.80 bits per heavy atom. The third kappa shape index (κ3) is 18.9. The van der Waals surface area contributed by atoms with Crippen molar-refractivity contribution >= 4 is 0 Å². The SMILES string of the molecule is C=C(C)OCC.CC.C\C=C(C)/C(=C\CC)C(=C\CC)/CCN(C)C. The van der Waals surface area contributed by atoms with Crippen LogP contribution in [0.5, 0.6) is 0 Å². The van der Waals surface area contributed by atoms with Gasteiger partial charge in [0.05, 0.1) is 12.4 Å². The van der Waals surface area contributed by atoms with Crippen LogP contribution >= 0.6 is 0 Å². The normalized spacial score (nSPS) is 12.0. The molecule has 0 fully saturated rings. The van der Waals surface area contributed by atoms with Crippen molar-refractivity contribution in [3.63, 3.8) is 0 Å². The predicted molar refractivity (Wildman–Crippen MR) is 117 cm³/mol. The van der Waals surface area contributed by atoms with Gasteiger partial charge in [0.2, 0.25) is 0 Å². The van der Waals surface area contributed by atoms with Crippen LogP contribution in [0.3, 0.4) is 0 Å². The van der Waals surface area contributed by atoms with E-state index in [1.54, 1.807) is 0 Å². The number of hydrogen-bond acceptors (Lipinski definition) is 2. The fraction of sp³-hybridized carbons (Fsp3) is 0.652.